The third-order valence-electron chi connectivity index (χ3n) is 4.32. The Morgan fingerprint density at radius 3 is 2.42 bits per heavy atom. The van der Waals surface area contributed by atoms with Crippen LogP contribution in [-0.2, 0) is 10.1 Å². The van der Waals surface area contributed by atoms with Crippen molar-refractivity contribution in [3.05, 3.63) is 85.9 Å². The monoisotopic (exact) mass is 598 g/mol. The first kappa shape index (κ1) is 25.0. The van der Waals surface area contributed by atoms with Crippen LogP contribution in [0.2, 0.25) is 5.02 Å². The van der Waals surface area contributed by atoms with E-state index in [1.54, 1.807) is 55.5 Å². The number of nitrogens with zero attached hydrogens (tertiary/aromatic N) is 1. The predicted molar refractivity (Wildman–Crippen MR) is 136 cm³/mol. The van der Waals surface area contributed by atoms with Crippen LogP contribution in [-0.4, -0.2) is 27.1 Å². The highest BCUT2D eigenvalue weighted by atomic mass is 127. The number of ether oxygens (including phenoxy) is 1. The molecule has 1 N–H and O–H groups in total. The van der Waals surface area contributed by atoms with Gasteiger partial charge in [-0.15, -0.1) is 0 Å². The first-order valence-electron chi connectivity index (χ1n) is 9.76. The molecule has 0 radical (unpaired) electrons. The lowest BCUT2D eigenvalue weighted by atomic mass is 10.2. The van der Waals surface area contributed by atoms with Gasteiger partial charge in [-0.05, 0) is 90.5 Å². The Kier molecular flexibility index (Phi) is 8.33. The lowest BCUT2D eigenvalue weighted by molar-refractivity contribution is 0.0955. The van der Waals surface area contributed by atoms with E-state index in [-0.39, 0.29) is 16.4 Å². The van der Waals surface area contributed by atoms with Gasteiger partial charge in [-0.3, -0.25) is 4.79 Å². The fourth-order valence-corrected chi connectivity index (χ4v) is 4.67. The Hall–Kier alpha value is -2.63. The van der Waals surface area contributed by atoms with Crippen molar-refractivity contribution < 1.29 is 22.1 Å². The molecule has 172 valence electrons. The molecule has 3 aromatic carbocycles. The number of amides is 1. The SMILES string of the molecule is CCOc1cc(/C=N\NC(=O)c2ccc(Cl)cc2)cc(I)c1OS(=O)(=O)c1ccc(C)cc1. The van der Waals surface area contributed by atoms with E-state index in [9.17, 15) is 13.2 Å². The second-order valence-electron chi connectivity index (χ2n) is 6.82. The molecule has 0 fully saturated rings. The van der Waals surface area contributed by atoms with Crippen LogP contribution in [0.25, 0.3) is 0 Å². The number of halogens is 2. The molecule has 0 heterocycles. The number of aryl methyl sites for hydroxylation is 1. The quantitative estimate of drug-likeness (QED) is 0.167. The van der Waals surface area contributed by atoms with Gasteiger partial charge >= 0.3 is 10.1 Å². The summed E-state index contributed by atoms with van der Waals surface area (Å²) in [5.74, 6) is -0.0715. The fourth-order valence-electron chi connectivity index (χ4n) is 2.70. The van der Waals surface area contributed by atoms with Crippen molar-refractivity contribution in [2.45, 2.75) is 18.7 Å². The normalized spacial score (nSPS) is 11.4. The van der Waals surface area contributed by atoms with Gasteiger partial charge in [0, 0.05) is 10.6 Å². The summed E-state index contributed by atoms with van der Waals surface area (Å²) in [4.78, 5) is 12.2. The van der Waals surface area contributed by atoms with Crippen molar-refractivity contribution in [3.63, 3.8) is 0 Å². The molecule has 1 amide bonds. The molecule has 0 aliphatic carbocycles. The Balaban J connectivity index is 1.81. The average Bonchev–Trinajstić information content (AvgIpc) is 2.77. The highest BCUT2D eigenvalue weighted by Gasteiger charge is 2.22. The van der Waals surface area contributed by atoms with E-state index in [4.69, 9.17) is 20.5 Å². The third kappa shape index (κ3) is 6.68. The van der Waals surface area contributed by atoms with Crippen LogP contribution in [0.15, 0.2) is 70.7 Å². The van der Waals surface area contributed by atoms with Gasteiger partial charge in [0.1, 0.15) is 4.90 Å². The molecule has 0 spiro atoms. The van der Waals surface area contributed by atoms with Gasteiger partial charge in [0.05, 0.1) is 16.4 Å². The molecule has 3 aromatic rings. The number of rotatable bonds is 8. The zero-order valence-corrected chi connectivity index (χ0v) is 21.4. The van der Waals surface area contributed by atoms with E-state index in [2.05, 4.69) is 10.5 Å². The van der Waals surface area contributed by atoms with Gasteiger partial charge < -0.3 is 8.92 Å². The number of hydrazone groups is 1. The number of carbonyl (C=O) groups is 1. The molecule has 0 bridgehead atoms. The summed E-state index contributed by atoms with van der Waals surface area (Å²) in [5, 5.41) is 4.49. The second kappa shape index (κ2) is 11.0. The minimum Gasteiger partial charge on any atom is -0.490 e. The fraction of sp³-hybridized carbons (Fsp3) is 0.130. The Labute approximate surface area is 211 Å². The van der Waals surface area contributed by atoms with Crippen molar-refractivity contribution >= 4 is 56.4 Å². The van der Waals surface area contributed by atoms with E-state index in [0.717, 1.165) is 5.56 Å². The maximum atomic E-state index is 12.7. The Morgan fingerprint density at radius 1 is 1.12 bits per heavy atom. The molecule has 7 nitrogen and oxygen atoms in total. The zero-order valence-electron chi connectivity index (χ0n) is 17.7. The van der Waals surface area contributed by atoms with Crippen molar-refractivity contribution in [1.29, 1.82) is 0 Å². The molecular weight excluding hydrogens is 579 g/mol. The summed E-state index contributed by atoms with van der Waals surface area (Å²) in [6.07, 6.45) is 1.43. The minimum absolute atomic E-state index is 0.0434. The molecule has 0 saturated carbocycles. The molecule has 33 heavy (non-hydrogen) atoms. The van der Waals surface area contributed by atoms with Gasteiger partial charge in [0.15, 0.2) is 11.5 Å². The highest BCUT2D eigenvalue weighted by Crippen LogP contribution is 2.36. The number of nitrogens with one attached hydrogen (secondary N) is 1. The van der Waals surface area contributed by atoms with Crippen LogP contribution in [0.4, 0.5) is 0 Å². The Bertz CT molecular complexity index is 1280. The van der Waals surface area contributed by atoms with Crippen molar-refractivity contribution in [2.24, 2.45) is 5.10 Å². The Morgan fingerprint density at radius 2 is 1.79 bits per heavy atom. The molecule has 0 unspecified atom stereocenters. The van der Waals surface area contributed by atoms with Crippen LogP contribution < -0.4 is 14.3 Å². The summed E-state index contributed by atoms with van der Waals surface area (Å²) >= 11 is 7.79. The minimum atomic E-state index is -4.05. The predicted octanol–water partition coefficient (Wildman–Crippen LogP) is 5.18. The largest absolute Gasteiger partial charge is 0.490 e. The molecule has 0 aliphatic rings. The van der Waals surface area contributed by atoms with Gasteiger partial charge in [0.2, 0.25) is 0 Å². The highest BCUT2D eigenvalue weighted by molar-refractivity contribution is 14.1. The van der Waals surface area contributed by atoms with Gasteiger partial charge in [-0.2, -0.15) is 13.5 Å². The van der Waals surface area contributed by atoms with Crippen molar-refractivity contribution in [3.8, 4) is 11.5 Å². The van der Waals surface area contributed by atoms with Crippen LogP contribution in [0.3, 0.4) is 0 Å². The number of benzene rings is 3. The summed E-state index contributed by atoms with van der Waals surface area (Å²) < 4.78 is 37.0. The van der Waals surface area contributed by atoms with E-state index in [0.29, 0.717) is 26.3 Å². The van der Waals surface area contributed by atoms with Gasteiger partial charge in [-0.25, -0.2) is 5.43 Å². The van der Waals surface area contributed by atoms with Crippen LogP contribution in [0.5, 0.6) is 11.5 Å². The molecular formula is C23H20ClIN2O5S. The lowest BCUT2D eigenvalue weighted by Crippen LogP contribution is -2.17. The molecule has 0 saturated heterocycles. The average molecular weight is 599 g/mol. The maximum absolute atomic E-state index is 12.7. The summed E-state index contributed by atoms with van der Waals surface area (Å²) in [5.41, 5.74) is 4.36. The number of hydrogen-bond donors (Lipinski definition) is 1. The van der Waals surface area contributed by atoms with Crippen LogP contribution in [0, 0.1) is 10.5 Å². The zero-order chi connectivity index (χ0) is 24.0. The molecule has 0 atom stereocenters. The third-order valence-corrected chi connectivity index (χ3v) is 6.61. The molecule has 3 rings (SSSR count). The number of hydrogen-bond acceptors (Lipinski definition) is 6. The van der Waals surface area contributed by atoms with Crippen molar-refractivity contribution in [1.82, 2.24) is 5.43 Å². The first-order chi connectivity index (χ1) is 15.7. The second-order valence-corrected chi connectivity index (χ2v) is 9.96. The summed E-state index contributed by atoms with van der Waals surface area (Å²) in [7, 11) is -4.05. The lowest BCUT2D eigenvalue weighted by Gasteiger charge is -2.14. The standard InChI is InChI=1S/C23H20ClIN2O5S/c1-3-31-21-13-16(14-26-27-23(28)17-6-8-18(24)9-7-17)12-20(25)22(21)32-33(29,30)19-10-4-15(2)5-11-19/h4-14H,3H2,1-2H3,(H,27,28)/b26-14-. The summed E-state index contributed by atoms with van der Waals surface area (Å²) in [6, 6.07) is 16.0. The van der Waals surface area contributed by atoms with E-state index < -0.39 is 16.0 Å². The van der Waals surface area contributed by atoms with E-state index in [1.807, 2.05) is 29.5 Å². The van der Waals surface area contributed by atoms with Crippen molar-refractivity contribution in [2.75, 3.05) is 6.61 Å². The van der Waals surface area contributed by atoms with Crippen LogP contribution in [0.1, 0.15) is 28.4 Å². The first-order valence-corrected chi connectivity index (χ1v) is 12.6. The van der Waals surface area contributed by atoms with Gasteiger partial charge in [0.25, 0.3) is 5.91 Å². The van der Waals surface area contributed by atoms with E-state index in [1.165, 1.54) is 18.3 Å². The molecule has 0 aliphatic heterocycles. The molecule has 0 aromatic heterocycles. The van der Waals surface area contributed by atoms with Gasteiger partial charge in [-0.1, -0.05) is 29.3 Å². The topological polar surface area (TPSA) is 94.1 Å². The number of carbonyl (C=O) groups excluding carboxylic acids is 1. The molecule has 10 heteroatoms. The smallest absolute Gasteiger partial charge is 0.339 e. The summed E-state index contributed by atoms with van der Waals surface area (Å²) in [6.45, 7) is 3.94. The van der Waals surface area contributed by atoms with E-state index >= 15 is 0 Å². The van der Waals surface area contributed by atoms with Crippen LogP contribution >= 0.6 is 34.2 Å². The maximum Gasteiger partial charge on any atom is 0.339 e.